The molecule has 0 aliphatic carbocycles. The summed E-state index contributed by atoms with van der Waals surface area (Å²) >= 11 is 0. The molecule has 2 aromatic carbocycles. The first-order valence-corrected chi connectivity index (χ1v) is 7.91. The molecular formula is C19H21N3O3. The van der Waals surface area contributed by atoms with Crippen molar-refractivity contribution >= 4 is 29.0 Å². The highest BCUT2D eigenvalue weighted by atomic mass is 16.2. The number of anilines is 2. The second-order valence-corrected chi connectivity index (χ2v) is 5.65. The zero-order valence-electron chi connectivity index (χ0n) is 14.4. The van der Waals surface area contributed by atoms with Crippen molar-refractivity contribution in [3.05, 3.63) is 59.7 Å². The maximum atomic E-state index is 12.3. The fourth-order valence-electron chi connectivity index (χ4n) is 2.22. The van der Waals surface area contributed by atoms with Crippen LogP contribution in [0.4, 0.5) is 11.4 Å². The third kappa shape index (κ3) is 4.91. The summed E-state index contributed by atoms with van der Waals surface area (Å²) in [7, 11) is 1.57. The van der Waals surface area contributed by atoms with Gasteiger partial charge in [-0.1, -0.05) is 0 Å². The molecule has 3 N–H and O–H groups in total. The van der Waals surface area contributed by atoms with E-state index in [-0.39, 0.29) is 17.6 Å². The number of carbonyl (C=O) groups excluding carboxylic acids is 3. The number of hydrogen-bond donors (Lipinski definition) is 3. The predicted octanol–water partition coefficient (Wildman–Crippen LogP) is 2.69. The second-order valence-electron chi connectivity index (χ2n) is 5.65. The molecule has 0 saturated heterocycles. The Balaban J connectivity index is 1.95. The molecule has 0 fully saturated rings. The smallest absolute Gasteiger partial charge is 0.251 e. The molecule has 25 heavy (non-hydrogen) atoms. The van der Waals surface area contributed by atoms with Crippen LogP contribution in [-0.2, 0) is 4.79 Å². The van der Waals surface area contributed by atoms with E-state index < -0.39 is 6.04 Å². The van der Waals surface area contributed by atoms with Crippen molar-refractivity contribution in [3.63, 3.8) is 0 Å². The number of benzene rings is 2. The number of Topliss-reactive ketones (excluding diaryl/α,β-unsaturated/α-hetero) is 1. The van der Waals surface area contributed by atoms with E-state index in [0.29, 0.717) is 16.8 Å². The van der Waals surface area contributed by atoms with Gasteiger partial charge in [0.2, 0.25) is 5.91 Å². The molecule has 130 valence electrons. The Bertz CT molecular complexity index is 768. The Morgan fingerprint density at radius 3 is 1.88 bits per heavy atom. The van der Waals surface area contributed by atoms with Gasteiger partial charge >= 0.3 is 0 Å². The second kappa shape index (κ2) is 8.10. The van der Waals surface area contributed by atoms with Gasteiger partial charge in [-0.2, -0.15) is 0 Å². The highest BCUT2D eigenvalue weighted by Gasteiger charge is 2.13. The van der Waals surface area contributed by atoms with Crippen molar-refractivity contribution in [2.45, 2.75) is 19.9 Å². The summed E-state index contributed by atoms with van der Waals surface area (Å²) in [6.45, 7) is 3.24. The number of ketones is 1. The first kappa shape index (κ1) is 18.2. The third-order valence-corrected chi connectivity index (χ3v) is 3.71. The Kier molecular flexibility index (Phi) is 5.89. The van der Waals surface area contributed by atoms with E-state index >= 15 is 0 Å². The molecule has 2 aromatic rings. The van der Waals surface area contributed by atoms with Crippen LogP contribution >= 0.6 is 0 Å². The van der Waals surface area contributed by atoms with Gasteiger partial charge in [0, 0.05) is 29.5 Å². The fourth-order valence-corrected chi connectivity index (χ4v) is 2.22. The Morgan fingerprint density at radius 1 is 0.840 bits per heavy atom. The van der Waals surface area contributed by atoms with Gasteiger partial charge in [0.05, 0.1) is 0 Å². The molecule has 0 unspecified atom stereocenters. The van der Waals surface area contributed by atoms with Gasteiger partial charge in [-0.15, -0.1) is 0 Å². The van der Waals surface area contributed by atoms with Crippen LogP contribution in [0.2, 0.25) is 0 Å². The standard InChI is InChI=1S/C19H21N3O3/c1-12(21-16-10-6-15(7-11-16)19(25)20-3)18(24)22-17-8-4-14(5-9-17)13(2)23/h4-12,21H,1-3H3,(H,20,25)(H,22,24)/t12-/m1/s1. The van der Waals surface area contributed by atoms with Gasteiger partial charge in [-0.05, 0) is 62.4 Å². The topological polar surface area (TPSA) is 87.3 Å². The lowest BCUT2D eigenvalue weighted by Crippen LogP contribution is -2.31. The van der Waals surface area contributed by atoms with E-state index in [1.807, 2.05) is 0 Å². The lowest BCUT2D eigenvalue weighted by Gasteiger charge is -2.15. The third-order valence-electron chi connectivity index (χ3n) is 3.71. The van der Waals surface area contributed by atoms with Crippen LogP contribution in [0, 0.1) is 0 Å². The number of amides is 2. The van der Waals surface area contributed by atoms with Gasteiger partial charge in [-0.25, -0.2) is 0 Å². The molecule has 0 aliphatic heterocycles. The first-order valence-electron chi connectivity index (χ1n) is 7.91. The average molecular weight is 339 g/mol. The molecule has 0 spiro atoms. The van der Waals surface area contributed by atoms with Crippen LogP contribution in [0.3, 0.4) is 0 Å². The SMILES string of the molecule is CNC(=O)c1ccc(N[C@H](C)C(=O)Nc2ccc(C(C)=O)cc2)cc1. The lowest BCUT2D eigenvalue weighted by molar-refractivity contribution is -0.116. The average Bonchev–Trinajstić information content (AvgIpc) is 2.62. The van der Waals surface area contributed by atoms with Crippen molar-refractivity contribution in [2.24, 2.45) is 0 Å². The molecule has 0 radical (unpaired) electrons. The predicted molar refractivity (Wildman–Crippen MR) is 98.0 cm³/mol. The highest BCUT2D eigenvalue weighted by molar-refractivity contribution is 5.98. The molecular weight excluding hydrogens is 318 g/mol. The fraction of sp³-hybridized carbons (Fsp3) is 0.211. The highest BCUT2D eigenvalue weighted by Crippen LogP contribution is 2.13. The molecule has 1 atom stereocenters. The van der Waals surface area contributed by atoms with E-state index in [0.717, 1.165) is 5.69 Å². The van der Waals surface area contributed by atoms with E-state index in [2.05, 4.69) is 16.0 Å². The summed E-state index contributed by atoms with van der Waals surface area (Å²) in [6, 6.07) is 13.1. The van der Waals surface area contributed by atoms with Crippen molar-refractivity contribution in [3.8, 4) is 0 Å². The molecule has 0 saturated carbocycles. The molecule has 6 heteroatoms. The maximum absolute atomic E-state index is 12.3. The summed E-state index contributed by atoms with van der Waals surface area (Å²) < 4.78 is 0. The van der Waals surface area contributed by atoms with Gasteiger partial charge in [0.15, 0.2) is 5.78 Å². The van der Waals surface area contributed by atoms with Crippen LogP contribution in [0.15, 0.2) is 48.5 Å². The number of rotatable bonds is 6. The lowest BCUT2D eigenvalue weighted by atomic mass is 10.1. The van der Waals surface area contributed by atoms with Gasteiger partial charge in [0.1, 0.15) is 6.04 Å². The minimum atomic E-state index is -0.474. The van der Waals surface area contributed by atoms with Crippen LogP contribution in [0.25, 0.3) is 0 Å². The summed E-state index contributed by atoms with van der Waals surface area (Å²) in [5.74, 6) is -0.384. The minimum absolute atomic E-state index is 0.0203. The largest absolute Gasteiger partial charge is 0.374 e. The molecule has 0 aromatic heterocycles. The Morgan fingerprint density at radius 2 is 1.36 bits per heavy atom. The molecule has 0 bridgehead atoms. The van der Waals surface area contributed by atoms with Crippen molar-refractivity contribution in [1.82, 2.24) is 5.32 Å². The summed E-state index contributed by atoms with van der Waals surface area (Å²) in [5.41, 5.74) is 2.51. The van der Waals surface area contributed by atoms with Gasteiger partial charge in [-0.3, -0.25) is 14.4 Å². The summed E-state index contributed by atoms with van der Waals surface area (Å²) in [5, 5.41) is 8.42. The number of nitrogens with one attached hydrogen (secondary N) is 3. The quantitative estimate of drug-likeness (QED) is 0.706. The summed E-state index contributed by atoms with van der Waals surface area (Å²) in [4.78, 5) is 35.0. The first-order chi connectivity index (χ1) is 11.9. The zero-order valence-corrected chi connectivity index (χ0v) is 14.4. The Labute approximate surface area is 146 Å². The molecule has 0 aliphatic rings. The Hall–Kier alpha value is -3.15. The van der Waals surface area contributed by atoms with Crippen LogP contribution in [0.1, 0.15) is 34.6 Å². The normalized spacial score (nSPS) is 11.3. The van der Waals surface area contributed by atoms with E-state index in [1.54, 1.807) is 62.5 Å². The van der Waals surface area contributed by atoms with Gasteiger partial charge in [0.25, 0.3) is 5.91 Å². The molecule has 2 rings (SSSR count). The van der Waals surface area contributed by atoms with Crippen LogP contribution < -0.4 is 16.0 Å². The summed E-state index contributed by atoms with van der Waals surface area (Å²) in [6.07, 6.45) is 0. The van der Waals surface area contributed by atoms with Crippen molar-refractivity contribution < 1.29 is 14.4 Å². The maximum Gasteiger partial charge on any atom is 0.251 e. The molecule has 6 nitrogen and oxygen atoms in total. The number of hydrogen-bond acceptors (Lipinski definition) is 4. The molecule has 0 heterocycles. The van der Waals surface area contributed by atoms with Crippen LogP contribution in [-0.4, -0.2) is 30.7 Å². The van der Waals surface area contributed by atoms with Crippen molar-refractivity contribution in [1.29, 1.82) is 0 Å². The number of carbonyl (C=O) groups is 3. The van der Waals surface area contributed by atoms with Gasteiger partial charge < -0.3 is 16.0 Å². The molecule has 2 amide bonds. The minimum Gasteiger partial charge on any atom is -0.374 e. The van der Waals surface area contributed by atoms with E-state index in [9.17, 15) is 14.4 Å². The zero-order chi connectivity index (χ0) is 18.4. The van der Waals surface area contributed by atoms with E-state index in [1.165, 1.54) is 6.92 Å². The van der Waals surface area contributed by atoms with E-state index in [4.69, 9.17) is 0 Å². The van der Waals surface area contributed by atoms with Crippen molar-refractivity contribution in [2.75, 3.05) is 17.7 Å². The van der Waals surface area contributed by atoms with Crippen LogP contribution in [0.5, 0.6) is 0 Å². The monoisotopic (exact) mass is 339 g/mol.